The van der Waals surface area contributed by atoms with Gasteiger partial charge in [0.15, 0.2) is 0 Å². The number of fused-ring (bicyclic) bond motifs is 1. The lowest BCUT2D eigenvalue weighted by Crippen LogP contribution is -2.42. The third kappa shape index (κ3) is 3.00. The molecule has 0 saturated heterocycles. The minimum Gasteiger partial charge on any atom is -0.480 e. The van der Waals surface area contributed by atoms with Crippen LogP contribution in [0.25, 0.3) is 0 Å². The lowest BCUT2D eigenvalue weighted by Gasteiger charge is -2.36. The number of aliphatic carboxylic acids is 1. The highest BCUT2D eigenvalue weighted by Gasteiger charge is 2.36. The summed E-state index contributed by atoms with van der Waals surface area (Å²) in [6, 6.07) is 1.61. The molecule has 1 aliphatic carbocycles. The molecule has 19 heavy (non-hydrogen) atoms. The Hall–Kier alpha value is -1.29. The summed E-state index contributed by atoms with van der Waals surface area (Å²) in [4.78, 5) is 11.2. The van der Waals surface area contributed by atoms with Crippen LogP contribution < -0.4 is 5.32 Å². The van der Waals surface area contributed by atoms with E-state index in [1.54, 1.807) is 0 Å². The molecule has 1 heterocycles. The van der Waals surface area contributed by atoms with Gasteiger partial charge in [-0.1, -0.05) is 20.8 Å². The van der Waals surface area contributed by atoms with Crippen LogP contribution in [-0.2, 0) is 11.2 Å². The summed E-state index contributed by atoms with van der Waals surface area (Å²) in [6.45, 7) is 8.23. The molecular formula is C15H23NO3. The highest BCUT2D eigenvalue weighted by molar-refractivity contribution is 5.73. The van der Waals surface area contributed by atoms with Crippen LogP contribution in [0.15, 0.2) is 10.5 Å². The zero-order valence-electron chi connectivity index (χ0n) is 12.1. The van der Waals surface area contributed by atoms with Crippen LogP contribution in [0.1, 0.15) is 56.7 Å². The van der Waals surface area contributed by atoms with Crippen molar-refractivity contribution in [2.45, 2.75) is 59.0 Å². The maximum Gasteiger partial charge on any atom is 0.320 e. The van der Waals surface area contributed by atoms with Crippen molar-refractivity contribution in [1.82, 2.24) is 5.32 Å². The van der Waals surface area contributed by atoms with Gasteiger partial charge in [0.1, 0.15) is 17.6 Å². The molecule has 0 amide bonds. The number of carboxylic acid groups (broad SMARTS) is 1. The van der Waals surface area contributed by atoms with Crippen molar-refractivity contribution < 1.29 is 14.3 Å². The first-order valence-corrected chi connectivity index (χ1v) is 6.90. The fourth-order valence-corrected chi connectivity index (χ4v) is 2.94. The van der Waals surface area contributed by atoms with Gasteiger partial charge in [0.2, 0.25) is 0 Å². The van der Waals surface area contributed by atoms with Crippen LogP contribution in [0.2, 0.25) is 0 Å². The molecule has 2 atom stereocenters. The van der Waals surface area contributed by atoms with E-state index in [1.165, 1.54) is 0 Å². The van der Waals surface area contributed by atoms with E-state index in [0.717, 1.165) is 29.9 Å². The molecule has 1 aromatic rings. The Balaban J connectivity index is 2.26. The lowest BCUT2D eigenvalue weighted by molar-refractivity contribution is -0.139. The minimum absolute atomic E-state index is 0.0669. The minimum atomic E-state index is -0.785. The van der Waals surface area contributed by atoms with Gasteiger partial charge in [-0.3, -0.25) is 10.1 Å². The SMILES string of the molecule is CCC(NC1CC(C)(C)Cc2oc(C)cc21)C(=O)O. The van der Waals surface area contributed by atoms with E-state index in [9.17, 15) is 9.90 Å². The van der Waals surface area contributed by atoms with Crippen LogP contribution in [-0.4, -0.2) is 17.1 Å². The molecule has 2 unspecified atom stereocenters. The van der Waals surface area contributed by atoms with E-state index in [0.29, 0.717) is 6.42 Å². The maximum absolute atomic E-state index is 11.2. The summed E-state index contributed by atoms with van der Waals surface area (Å²) in [5, 5.41) is 12.5. The standard InChI is InChI=1S/C15H23NO3/c1-5-11(14(17)18)16-12-7-15(3,4)8-13-10(12)6-9(2)19-13/h6,11-12,16H,5,7-8H2,1-4H3,(H,17,18). The summed E-state index contributed by atoms with van der Waals surface area (Å²) in [5.74, 6) is 1.12. The number of hydrogen-bond acceptors (Lipinski definition) is 3. The molecule has 0 fully saturated rings. The maximum atomic E-state index is 11.2. The van der Waals surface area contributed by atoms with Crippen LogP contribution in [0, 0.1) is 12.3 Å². The highest BCUT2D eigenvalue weighted by Crippen LogP contribution is 2.42. The van der Waals surface area contributed by atoms with E-state index in [-0.39, 0.29) is 11.5 Å². The smallest absolute Gasteiger partial charge is 0.320 e. The monoisotopic (exact) mass is 265 g/mol. The Kier molecular flexibility index (Phi) is 3.72. The summed E-state index contributed by atoms with van der Waals surface area (Å²) >= 11 is 0. The Morgan fingerprint density at radius 1 is 1.63 bits per heavy atom. The van der Waals surface area contributed by atoms with E-state index in [4.69, 9.17) is 4.42 Å². The molecule has 0 aromatic carbocycles. The van der Waals surface area contributed by atoms with Crippen molar-refractivity contribution in [3.63, 3.8) is 0 Å². The van der Waals surface area contributed by atoms with Crippen molar-refractivity contribution in [2.75, 3.05) is 0 Å². The number of furan rings is 1. The van der Waals surface area contributed by atoms with E-state index < -0.39 is 12.0 Å². The fraction of sp³-hybridized carbons (Fsp3) is 0.667. The summed E-state index contributed by atoms with van der Waals surface area (Å²) < 4.78 is 5.76. The molecular weight excluding hydrogens is 242 g/mol. The highest BCUT2D eigenvalue weighted by atomic mass is 16.4. The first-order chi connectivity index (χ1) is 8.82. The zero-order valence-corrected chi connectivity index (χ0v) is 12.1. The van der Waals surface area contributed by atoms with Crippen molar-refractivity contribution in [3.8, 4) is 0 Å². The third-order valence-corrected chi connectivity index (χ3v) is 3.84. The van der Waals surface area contributed by atoms with Crippen LogP contribution >= 0.6 is 0 Å². The fourth-order valence-electron chi connectivity index (χ4n) is 2.94. The van der Waals surface area contributed by atoms with Crippen molar-refractivity contribution in [2.24, 2.45) is 5.41 Å². The molecule has 0 bridgehead atoms. The first kappa shape index (κ1) is 14.1. The van der Waals surface area contributed by atoms with Gasteiger partial charge in [-0.15, -0.1) is 0 Å². The van der Waals surface area contributed by atoms with Crippen molar-refractivity contribution >= 4 is 5.97 Å². The molecule has 1 aliphatic rings. The normalized spacial score (nSPS) is 22.8. The van der Waals surface area contributed by atoms with Crippen LogP contribution in [0.5, 0.6) is 0 Å². The summed E-state index contributed by atoms with van der Waals surface area (Å²) in [7, 11) is 0. The number of hydrogen-bond donors (Lipinski definition) is 2. The average Bonchev–Trinajstić information content (AvgIpc) is 2.63. The number of aryl methyl sites for hydroxylation is 1. The number of carboxylic acids is 1. The second kappa shape index (κ2) is 5.00. The zero-order chi connectivity index (χ0) is 14.2. The average molecular weight is 265 g/mol. The third-order valence-electron chi connectivity index (χ3n) is 3.84. The van der Waals surface area contributed by atoms with E-state index >= 15 is 0 Å². The molecule has 4 heteroatoms. The largest absolute Gasteiger partial charge is 0.480 e. The van der Waals surface area contributed by atoms with Crippen LogP contribution in [0.4, 0.5) is 0 Å². The molecule has 106 valence electrons. The predicted molar refractivity (Wildman–Crippen MR) is 73.1 cm³/mol. The van der Waals surface area contributed by atoms with Crippen molar-refractivity contribution in [1.29, 1.82) is 0 Å². The second-order valence-electron chi connectivity index (χ2n) is 6.30. The molecule has 0 spiro atoms. The molecule has 0 saturated carbocycles. The van der Waals surface area contributed by atoms with Gasteiger partial charge in [-0.25, -0.2) is 0 Å². The van der Waals surface area contributed by atoms with Gasteiger partial charge in [0.05, 0.1) is 0 Å². The van der Waals surface area contributed by atoms with Gasteiger partial charge in [-0.2, -0.15) is 0 Å². The van der Waals surface area contributed by atoms with E-state index in [1.807, 2.05) is 19.9 Å². The van der Waals surface area contributed by atoms with Gasteiger partial charge >= 0.3 is 5.97 Å². The Bertz CT molecular complexity index is 476. The van der Waals surface area contributed by atoms with Gasteiger partial charge in [-0.05, 0) is 31.2 Å². The quantitative estimate of drug-likeness (QED) is 0.878. The molecule has 0 radical (unpaired) electrons. The van der Waals surface area contributed by atoms with E-state index in [2.05, 4.69) is 19.2 Å². The molecule has 4 nitrogen and oxygen atoms in total. The molecule has 2 N–H and O–H groups in total. The number of nitrogens with one attached hydrogen (secondary N) is 1. The summed E-state index contributed by atoms with van der Waals surface area (Å²) in [5.41, 5.74) is 1.27. The Morgan fingerprint density at radius 3 is 2.89 bits per heavy atom. The first-order valence-electron chi connectivity index (χ1n) is 6.90. The second-order valence-corrected chi connectivity index (χ2v) is 6.30. The molecule has 1 aromatic heterocycles. The number of rotatable bonds is 4. The number of carbonyl (C=O) groups is 1. The Morgan fingerprint density at radius 2 is 2.32 bits per heavy atom. The van der Waals surface area contributed by atoms with Crippen molar-refractivity contribution in [3.05, 3.63) is 23.2 Å². The predicted octanol–water partition coefficient (Wildman–Crippen LogP) is 3.05. The Labute approximate surface area is 114 Å². The van der Waals surface area contributed by atoms with Gasteiger partial charge < -0.3 is 9.52 Å². The molecule has 0 aliphatic heterocycles. The molecule has 2 rings (SSSR count). The van der Waals surface area contributed by atoms with Gasteiger partial charge in [0, 0.05) is 18.0 Å². The summed E-state index contributed by atoms with van der Waals surface area (Å²) in [6.07, 6.45) is 2.43. The lowest BCUT2D eigenvalue weighted by atomic mass is 9.74. The van der Waals surface area contributed by atoms with Crippen LogP contribution in [0.3, 0.4) is 0 Å². The topological polar surface area (TPSA) is 62.5 Å². The van der Waals surface area contributed by atoms with Gasteiger partial charge in [0.25, 0.3) is 0 Å².